The molecule has 27 heavy (non-hydrogen) atoms. The van der Waals surface area contributed by atoms with Crippen LogP contribution in [-0.4, -0.2) is 41.8 Å². The second-order valence-corrected chi connectivity index (χ2v) is 9.16. The van der Waals surface area contributed by atoms with Gasteiger partial charge in [0.2, 0.25) is 6.34 Å². The van der Waals surface area contributed by atoms with E-state index >= 15 is 0 Å². The van der Waals surface area contributed by atoms with Crippen LogP contribution in [0.2, 0.25) is 0 Å². The first-order valence-corrected chi connectivity index (χ1v) is 10.5. The molecule has 1 aromatic carbocycles. The van der Waals surface area contributed by atoms with Crippen molar-refractivity contribution in [2.24, 2.45) is 5.92 Å². The molecule has 1 aliphatic rings. The van der Waals surface area contributed by atoms with E-state index in [1.807, 2.05) is 0 Å². The van der Waals surface area contributed by atoms with E-state index in [4.69, 9.17) is 0 Å². The normalized spacial score (nSPS) is 18.4. The third-order valence-electron chi connectivity index (χ3n) is 4.19. The minimum atomic E-state index is -10.7. The van der Waals surface area contributed by atoms with Crippen LogP contribution in [0.15, 0.2) is 12.1 Å². The molecule has 0 bridgehead atoms. The van der Waals surface area contributed by atoms with Crippen LogP contribution in [0.3, 0.4) is 0 Å². The SMILES string of the molecule is Cc1cc(C)c(N2C=[N+]([C@H](CO)C(C)C)CC2)c(C)c1.F[P-](F)(F)(F)(F)F. The van der Waals surface area contributed by atoms with E-state index in [-0.39, 0.29) is 12.6 Å². The summed E-state index contributed by atoms with van der Waals surface area (Å²) < 4.78 is 61.5. The van der Waals surface area contributed by atoms with Gasteiger partial charge in [0.25, 0.3) is 0 Å². The van der Waals surface area contributed by atoms with Crippen LogP contribution in [0.1, 0.15) is 30.5 Å². The van der Waals surface area contributed by atoms with Gasteiger partial charge in [-0.1, -0.05) is 31.5 Å². The first-order valence-electron chi connectivity index (χ1n) is 8.51. The van der Waals surface area contributed by atoms with Crippen molar-refractivity contribution in [3.8, 4) is 0 Å². The summed E-state index contributed by atoms with van der Waals surface area (Å²) in [6.07, 6.45) is 2.19. The summed E-state index contributed by atoms with van der Waals surface area (Å²) >= 11 is 0. The fourth-order valence-corrected chi connectivity index (χ4v) is 3.26. The molecule has 0 fully saturated rings. The third-order valence-corrected chi connectivity index (χ3v) is 4.19. The summed E-state index contributed by atoms with van der Waals surface area (Å²) in [6.45, 7) is 13.0. The summed E-state index contributed by atoms with van der Waals surface area (Å²) in [5.41, 5.74) is 5.28. The van der Waals surface area contributed by atoms with Crippen molar-refractivity contribution in [2.45, 2.75) is 40.7 Å². The molecular formula is C17H27F6N2OP. The van der Waals surface area contributed by atoms with Gasteiger partial charge in [-0.2, -0.15) is 0 Å². The Morgan fingerprint density at radius 2 is 1.48 bits per heavy atom. The molecule has 0 aromatic heterocycles. The predicted octanol–water partition coefficient (Wildman–Crippen LogP) is 5.87. The van der Waals surface area contributed by atoms with Gasteiger partial charge in [-0.15, -0.1) is 0 Å². The summed E-state index contributed by atoms with van der Waals surface area (Å²) in [5, 5.41) is 9.58. The predicted molar refractivity (Wildman–Crippen MR) is 98.5 cm³/mol. The van der Waals surface area contributed by atoms with Crippen LogP contribution in [0.5, 0.6) is 0 Å². The number of benzene rings is 1. The molecule has 1 N–H and O–H groups in total. The second-order valence-electron chi connectivity index (χ2n) is 7.25. The van der Waals surface area contributed by atoms with Gasteiger partial charge >= 0.3 is 33.0 Å². The number of nitrogens with zero attached hydrogens (tertiary/aromatic N) is 2. The number of aliphatic hydroxyl groups excluding tert-OH is 1. The first-order chi connectivity index (χ1) is 11.9. The molecule has 1 aliphatic heterocycles. The average Bonchev–Trinajstić information content (AvgIpc) is 2.83. The Balaban J connectivity index is 0.000000445. The molecule has 1 heterocycles. The van der Waals surface area contributed by atoms with Gasteiger partial charge in [-0.25, -0.2) is 4.90 Å². The molecule has 3 nitrogen and oxygen atoms in total. The zero-order valence-corrected chi connectivity index (χ0v) is 17.0. The van der Waals surface area contributed by atoms with E-state index in [0.29, 0.717) is 5.92 Å². The Labute approximate surface area is 155 Å². The van der Waals surface area contributed by atoms with Gasteiger partial charge in [0.15, 0.2) is 0 Å². The molecule has 0 saturated carbocycles. The number of halogens is 6. The molecule has 0 unspecified atom stereocenters. The number of anilines is 1. The standard InChI is InChI=1S/C17H27N2O.F6P/c1-12(2)16(10-20)18-6-7-19(11-18)17-14(4)8-13(3)9-15(17)5;1-7(2,3,4,5)6/h8-9,11-12,16,20H,6-7,10H2,1-5H3;/q+1;-1/t16-;/m1./s1. The number of rotatable bonds is 4. The fourth-order valence-electron chi connectivity index (χ4n) is 3.26. The van der Waals surface area contributed by atoms with Crippen molar-refractivity contribution in [3.63, 3.8) is 0 Å². The van der Waals surface area contributed by atoms with E-state index < -0.39 is 7.81 Å². The van der Waals surface area contributed by atoms with E-state index in [9.17, 15) is 30.3 Å². The molecule has 1 atom stereocenters. The van der Waals surface area contributed by atoms with Crippen molar-refractivity contribution >= 4 is 19.8 Å². The summed E-state index contributed by atoms with van der Waals surface area (Å²) in [7, 11) is -10.7. The molecule has 0 amide bonds. The minimum absolute atomic E-state index is 0.214. The van der Waals surface area contributed by atoms with E-state index in [1.54, 1.807) is 0 Å². The molecular weight excluding hydrogens is 393 g/mol. The Kier molecular flexibility index (Phi) is 6.36. The summed E-state index contributed by atoms with van der Waals surface area (Å²) in [6, 6.07) is 4.70. The van der Waals surface area contributed by atoms with Crippen molar-refractivity contribution in [2.75, 3.05) is 24.6 Å². The molecule has 158 valence electrons. The van der Waals surface area contributed by atoms with E-state index in [1.165, 1.54) is 22.4 Å². The van der Waals surface area contributed by atoms with Crippen LogP contribution in [0.25, 0.3) is 0 Å². The van der Waals surface area contributed by atoms with Gasteiger partial charge in [-0.3, -0.25) is 4.58 Å². The monoisotopic (exact) mass is 420 g/mol. The average molecular weight is 420 g/mol. The zero-order valence-electron chi connectivity index (χ0n) is 16.1. The quantitative estimate of drug-likeness (QED) is 0.375. The first kappa shape index (κ1) is 23.7. The number of hydrogen-bond donors (Lipinski definition) is 1. The topological polar surface area (TPSA) is 26.5 Å². The maximum absolute atomic E-state index is 10.7. The van der Waals surface area contributed by atoms with Crippen LogP contribution in [0, 0.1) is 26.7 Å². The third kappa shape index (κ3) is 8.93. The van der Waals surface area contributed by atoms with Gasteiger partial charge in [0, 0.05) is 0 Å². The zero-order chi connectivity index (χ0) is 21.3. The molecule has 0 radical (unpaired) electrons. The number of aliphatic hydroxyl groups is 1. The Morgan fingerprint density at radius 1 is 1.04 bits per heavy atom. The summed E-state index contributed by atoms with van der Waals surface area (Å²) in [5.74, 6) is 0.455. The van der Waals surface area contributed by atoms with Gasteiger partial charge < -0.3 is 5.11 Å². The molecule has 2 rings (SSSR count). The van der Waals surface area contributed by atoms with Crippen LogP contribution in [0.4, 0.5) is 30.9 Å². The number of hydrogen-bond acceptors (Lipinski definition) is 2. The van der Waals surface area contributed by atoms with Crippen LogP contribution < -0.4 is 4.90 Å². The van der Waals surface area contributed by atoms with Crippen molar-refractivity contribution in [3.05, 3.63) is 28.8 Å². The van der Waals surface area contributed by atoms with Gasteiger partial charge in [0.05, 0.1) is 6.61 Å². The Bertz CT molecular complexity index is 681. The van der Waals surface area contributed by atoms with E-state index in [2.05, 4.69) is 62.6 Å². The number of aryl methyl sites for hydroxylation is 3. The van der Waals surface area contributed by atoms with Crippen molar-refractivity contribution in [1.29, 1.82) is 0 Å². The van der Waals surface area contributed by atoms with Crippen molar-refractivity contribution in [1.82, 2.24) is 0 Å². The Hall–Kier alpha value is -1.34. The molecule has 0 saturated heterocycles. The van der Waals surface area contributed by atoms with Crippen LogP contribution in [-0.2, 0) is 0 Å². The molecule has 10 heteroatoms. The van der Waals surface area contributed by atoms with Crippen molar-refractivity contribution < 1.29 is 34.9 Å². The second kappa shape index (κ2) is 7.24. The fraction of sp³-hybridized carbons (Fsp3) is 0.588. The molecule has 1 aromatic rings. The van der Waals surface area contributed by atoms with Gasteiger partial charge in [-0.05, 0) is 37.8 Å². The van der Waals surface area contributed by atoms with E-state index in [0.717, 1.165) is 13.1 Å². The summed E-state index contributed by atoms with van der Waals surface area (Å²) in [4.78, 5) is 2.33. The Morgan fingerprint density at radius 3 is 1.85 bits per heavy atom. The maximum atomic E-state index is 9.87. The molecule has 0 spiro atoms. The molecule has 0 aliphatic carbocycles. The van der Waals surface area contributed by atoms with Crippen LogP contribution >= 0.6 is 7.81 Å². The van der Waals surface area contributed by atoms with Gasteiger partial charge in [0.1, 0.15) is 24.8 Å².